The van der Waals surface area contributed by atoms with E-state index in [0.29, 0.717) is 49.3 Å². The van der Waals surface area contributed by atoms with Crippen LogP contribution in [0.25, 0.3) is 0 Å². The number of halogens is 2. The molecule has 0 aliphatic carbocycles. The Bertz CT molecular complexity index is 1190. The quantitative estimate of drug-likeness (QED) is 0.421. The van der Waals surface area contributed by atoms with Gasteiger partial charge in [-0.15, -0.1) is 0 Å². The highest BCUT2D eigenvalue weighted by atomic mass is 79.9. The van der Waals surface area contributed by atoms with E-state index in [1.54, 1.807) is 18.1 Å². The molecule has 0 bridgehead atoms. The molecule has 0 radical (unpaired) electrons. The van der Waals surface area contributed by atoms with Crippen LogP contribution in [-0.2, 0) is 24.1 Å². The van der Waals surface area contributed by atoms with Crippen molar-refractivity contribution in [2.24, 2.45) is 4.99 Å². The van der Waals surface area contributed by atoms with Gasteiger partial charge in [-0.1, -0.05) is 57.9 Å². The van der Waals surface area contributed by atoms with Crippen molar-refractivity contribution in [2.45, 2.75) is 26.2 Å². The Morgan fingerprint density at radius 1 is 1.12 bits per heavy atom. The monoisotopic (exact) mass is 508 g/mol. The number of rotatable bonds is 7. The standard InChI is InChI=1S/C27H26BrFN2O2/c1-18-6-8-19(9-7-18)16-26(32)31-15-14-30-27(31)23-4-3-5-24(29)22(23)12-10-20-17-21(28)11-13-25(20)33-2/h3-9,11,13,17H,10,12,14-16H2,1-2H3. The summed E-state index contributed by atoms with van der Waals surface area (Å²) >= 11 is 3.50. The maximum Gasteiger partial charge on any atom is 0.232 e. The third kappa shape index (κ3) is 5.33. The van der Waals surface area contributed by atoms with E-state index >= 15 is 0 Å². The molecule has 3 aromatic rings. The van der Waals surface area contributed by atoms with Crippen LogP contribution in [0.1, 0.15) is 27.8 Å². The zero-order valence-electron chi connectivity index (χ0n) is 18.8. The zero-order valence-corrected chi connectivity index (χ0v) is 20.4. The van der Waals surface area contributed by atoms with E-state index in [4.69, 9.17) is 4.74 Å². The maximum atomic E-state index is 15.0. The van der Waals surface area contributed by atoms with Crippen molar-refractivity contribution in [3.63, 3.8) is 0 Å². The second-order valence-electron chi connectivity index (χ2n) is 8.14. The number of aryl methyl sites for hydroxylation is 2. The third-order valence-corrected chi connectivity index (χ3v) is 6.36. The van der Waals surface area contributed by atoms with Crippen molar-refractivity contribution < 1.29 is 13.9 Å². The van der Waals surface area contributed by atoms with E-state index in [2.05, 4.69) is 20.9 Å². The van der Waals surface area contributed by atoms with Gasteiger partial charge in [0, 0.05) is 16.6 Å². The molecule has 4 rings (SSSR count). The Hall–Kier alpha value is -2.99. The lowest BCUT2D eigenvalue weighted by Crippen LogP contribution is -2.36. The number of amides is 1. The summed E-state index contributed by atoms with van der Waals surface area (Å²) in [4.78, 5) is 19.4. The molecule has 1 aliphatic heterocycles. The predicted octanol–water partition coefficient (Wildman–Crippen LogP) is 5.52. The summed E-state index contributed by atoms with van der Waals surface area (Å²) < 4.78 is 21.4. The Labute approximate surface area is 202 Å². The van der Waals surface area contributed by atoms with Gasteiger partial charge in [-0.3, -0.25) is 14.7 Å². The largest absolute Gasteiger partial charge is 0.496 e. The van der Waals surface area contributed by atoms with Crippen molar-refractivity contribution in [2.75, 3.05) is 20.2 Å². The van der Waals surface area contributed by atoms with Crippen LogP contribution < -0.4 is 4.74 Å². The first-order valence-corrected chi connectivity index (χ1v) is 11.8. The molecule has 3 aromatic carbocycles. The molecule has 1 aliphatic rings. The van der Waals surface area contributed by atoms with E-state index < -0.39 is 0 Å². The van der Waals surface area contributed by atoms with Gasteiger partial charge in [0.1, 0.15) is 17.4 Å². The highest BCUT2D eigenvalue weighted by Gasteiger charge is 2.27. The van der Waals surface area contributed by atoms with Crippen LogP contribution in [0.15, 0.2) is 70.1 Å². The van der Waals surface area contributed by atoms with Crippen LogP contribution in [0.2, 0.25) is 0 Å². The lowest BCUT2D eigenvalue weighted by atomic mass is 9.97. The second-order valence-corrected chi connectivity index (χ2v) is 9.05. The first-order chi connectivity index (χ1) is 16.0. The molecule has 33 heavy (non-hydrogen) atoms. The molecule has 0 saturated carbocycles. The third-order valence-electron chi connectivity index (χ3n) is 5.86. The van der Waals surface area contributed by atoms with Gasteiger partial charge in [0.05, 0.1) is 20.1 Å². The van der Waals surface area contributed by atoms with Crippen molar-refractivity contribution in [3.8, 4) is 5.75 Å². The van der Waals surface area contributed by atoms with E-state index in [1.165, 1.54) is 6.07 Å². The van der Waals surface area contributed by atoms with E-state index in [1.807, 2.05) is 55.5 Å². The zero-order chi connectivity index (χ0) is 23.4. The summed E-state index contributed by atoms with van der Waals surface area (Å²) in [7, 11) is 1.63. The van der Waals surface area contributed by atoms with Gasteiger partial charge in [-0.25, -0.2) is 4.39 Å². The first kappa shape index (κ1) is 23.2. The molecule has 0 N–H and O–H groups in total. The van der Waals surface area contributed by atoms with Crippen LogP contribution in [0.5, 0.6) is 5.75 Å². The Kier molecular flexibility index (Phi) is 7.23. The van der Waals surface area contributed by atoms with Crippen molar-refractivity contribution in [3.05, 3.63) is 98.8 Å². The van der Waals surface area contributed by atoms with Crippen molar-refractivity contribution >= 4 is 27.7 Å². The van der Waals surface area contributed by atoms with Crippen LogP contribution in [0.4, 0.5) is 4.39 Å². The summed E-state index contributed by atoms with van der Waals surface area (Å²) in [6, 6.07) is 18.7. The molecule has 6 heteroatoms. The van der Waals surface area contributed by atoms with Crippen LogP contribution in [-0.4, -0.2) is 36.8 Å². The number of carbonyl (C=O) groups is 1. The van der Waals surface area contributed by atoms with Crippen molar-refractivity contribution in [1.29, 1.82) is 0 Å². The van der Waals surface area contributed by atoms with Crippen LogP contribution in [0, 0.1) is 12.7 Å². The minimum absolute atomic E-state index is 0.0287. The SMILES string of the molecule is COc1ccc(Br)cc1CCc1c(F)cccc1C1=NCCN1C(=O)Cc1ccc(C)cc1. The lowest BCUT2D eigenvalue weighted by molar-refractivity contribution is -0.126. The number of methoxy groups -OCH3 is 1. The molecule has 0 fully saturated rings. The summed E-state index contributed by atoms with van der Waals surface area (Å²) in [6.07, 6.45) is 1.36. The molecule has 0 saturated heterocycles. The molecule has 170 valence electrons. The molecular formula is C27H26BrFN2O2. The number of nitrogens with zero attached hydrogens (tertiary/aromatic N) is 2. The van der Waals surface area contributed by atoms with E-state index in [9.17, 15) is 9.18 Å². The Morgan fingerprint density at radius 3 is 2.67 bits per heavy atom. The molecule has 4 nitrogen and oxygen atoms in total. The van der Waals surface area contributed by atoms with Crippen LogP contribution in [0.3, 0.4) is 0 Å². The smallest absolute Gasteiger partial charge is 0.232 e. The number of hydrogen-bond acceptors (Lipinski definition) is 3. The minimum Gasteiger partial charge on any atom is -0.496 e. The number of carbonyl (C=O) groups excluding carboxylic acids is 1. The highest BCUT2D eigenvalue weighted by Crippen LogP contribution is 2.27. The van der Waals surface area contributed by atoms with Gasteiger partial charge in [0.25, 0.3) is 0 Å². The fourth-order valence-corrected chi connectivity index (χ4v) is 4.53. The fraction of sp³-hybridized carbons (Fsp3) is 0.259. The second kappa shape index (κ2) is 10.3. The number of benzene rings is 3. The van der Waals surface area contributed by atoms with E-state index in [0.717, 1.165) is 26.9 Å². The minimum atomic E-state index is -0.290. The van der Waals surface area contributed by atoms with Gasteiger partial charge in [-0.05, 0) is 60.7 Å². The summed E-state index contributed by atoms with van der Waals surface area (Å²) in [5, 5.41) is 0. The van der Waals surface area contributed by atoms with Gasteiger partial charge in [0.15, 0.2) is 0 Å². The summed E-state index contributed by atoms with van der Waals surface area (Å²) in [5.41, 5.74) is 4.34. The van der Waals surface area contributed by atoms with E-state index in [-0.39, 0.29) is 11.7 Å². The summed E-state index contributed by atoms with van der Waals surface area (Å²) in [5.74, 6) is 1.01. The van der Waals surface area contributed by atoms with Crippen LogP contribution >= 0.6 is 15.9 Å². The molecular weight excluding hydrogens is 483 g/mol. The Balaban J connectivity index is 1.57. The molecule has 0 unspecified atom stereocenters. The molecule has 1 heterocycles. The van der Waals surface area contributed by atoms with Gasteiger partial charge < -0.3 is 4.74 Å². The average molecular weight is 509 g/mol. The number of amidine groups is 1. The predicted molar refractivity (Wildman–Crippen MR) is 133 cm³/mol. The number of ether oxygens (including phenoxy) is 1. The average Bonchev–Trinajstić information content (AvgIpc) is 3.30. The molecule has 1 amide bonds. The topological polar surface area (TPSA) is 41.9 Å². The number of aliphatic imine (C=N–C) groups is 1. The van der Waals surface area contributed by atoms with Crippen molar-refractivity contribution in [1.82, 2.24) is 4.90 Å². The highest BCUT2D eigenvalue weighted by molar-refractivity contribution is 9.10. The normalized spacial score (nSPS) is 13.2. The molecule has 0 atom stereocenters. The fourth-order valence-electron chi connectivity index (χ4n) is 4.12. The van der Waals surface area contributed by atoms with Gasteiger partial charge >= 0.3 is 0 Å². The first-order valence-electron chi connectivity index (χ1n) is 11.0. The maximum absolute atomic E-state index is 15.0. The Morgan fingerprint density at radius 2 is 1.91 bits per heavy atom. The summed E-state index contributed by atoms with van der Waals surface area (Å²) in [6.45, 7) is 3.05. The van der Waals surface area contributed by atoms with Gasteiger partial charge in [0.2, 0.25) is 5.91 Å². The number of hydrogen-bond donors (Lipinski definition) is 0. The molecule has 0 spiro atoms. The van der Waals surface area contributed by atoms with Gasteiger partial charge in [-0.2, -0.15) is 0 Å². The molecule has 0 aromatic heterocycles. The lowest BCUT2D eigenvalue weighted by Gasteiger charge is -2.21.